The van der Waals surface area contributed by atoms with Gasteiger partial charge in [0.1, 0.15) is 11.8 Å². The number of fused-ring (bicyclic) bond motifs is 1. The predicted molar refractivity (Wildman–Crippen MR) is 141 cm³/mol. The van der Waals surface area contributed by atoms with E-state index in [9.17, 15) is 9.59 Å². The highest BCUT2D eigenvalue weighted by Crippen LogP contribution is 2.29. The van der Waals surface area contributed by atoms with E-state index in [4.69, 9.17) is 4.74 Å². The lowest BCUT2D eigenvalue weighted by Crippen LogP contribution is -2.57. The maximum Gasteiger partial charge on any atom is 0.319 e. The number of hydrogen-bond acceptors (Lipinski definition) is 4. The van der Waals surface area contributed by atoms with Gasteiger partial charge < -0.3 is 25.2 Å². The number of hydrogen-bond donors (Lipinski definition) is 2. The van der Waals surface area contributed by atoms with E-state index >= 15 is 0 Å². The number of piperazine rings is 1. The number of amides is 3. The lowest BCUT2D eigenvalue weighted by Gasteiger charge is -2.38. The van der Waals surface area contributed by atoms with E-state index < -0.39 is 6.04 Å². The van der Waals surface area contributed by atoms with Crippen LogP contribution in [0.25, 0.3) is 10.8 Å². The summed E-state index contributed by atoms with van der Waals surface area (Å²) in [5, 5.41) is 7.86. The summed E-state index contributed by atoms with van der Waals surface area (Å²) >= 11 is 0. The Kier molecular flexibility index (Phi) is 7.75. The molecule has 1 fully saturated rings. The molecule has 3 aromatic rings. The van der Waals surface area contributed by atoms with Gasteiger partial charge in [-0.1, -0.05) is 62.4 Å². The van der Waals surface area contributed by atoms with Gasteiger partial charge in [-0.25, -0.2) is 4.79 Å². The quantitative estimate of drug-likeness (QED) is 0.519. The van der Waals surface area contributed by atoms with Crippen LogP contribution >= 0.6 is 0 Å². The minimum Gasteiger partial charge on any atom is -0.492 e. The number of anilines is 2. The van der Waals surface area contributed by atoms with Crippen molar-refractivity contribution in [2.45, 2.75) is 26.8 Å². The third kappa shape index (κ3) is 5.67. The molecule has 4 rings (SSSR count). The van der Waals surface area contributed by atoms with E-state index in [2.05, 4.69) is 21.6 Å². The molecule has 1 heterocycles. The van der Waals surface area contributed by atoms with Crippen molar-refractivity contribution < 1.29 is 14.3 Å². The lowest BCUT2D eigenvalue weighted by atomic mass is 10.0. The molecule has 7 heteroatoms. The van der Waals surface area contributed by atoms with Crippen LogP contribution in [0.3, 0.4) is 0 Å². The van der Waals surface area contributed by atoms with Gasteiger partial charge in [0.15, 0.2) is 0 Å². The van der Waals surface area contributed by atoms with Gasteiger partial charge in [0.25, 0.3) is 0 Å². The van der Waals surface area contributed by atoms with Gasteiger partial charge in [-0.05, 0) is 36.4 Å². The van der Waals surface area contributed by atoms with E-state index in [0.717, 1.165) is 27.9 Å². The van der Waals surface area contributed by atoms with Crippen molar-refractivity contribution in [1.82, 2.24) is 10.2 Å². The molecule has 184 valence electrons. The van der Waals surface area contributed by atoms with Crippen LogP contribution in [0.1, 0.15) is 20.8 Å². The van der Waals surface area contributed by atoms with Crippen LogP contribution in [0.5, 0.6) is 5.75 Å². The Morgan fingerprint density at radius 1 is 0.914 bits per heavy atom. The summed E-state index contributed by atoms with van der Waals surface area (Å²) < 4.78 is 5.78. The molecule has 0 bridgehead atoms. The molecule has 35 heavy (non-hydrogen) atoms. The Morgan fingerprint density at radius 3 is 2.34 bits per heavy atom. The number of nitrogens with one attached hydrogen (secondary N) is 2. The van der Waals surface area contributed by atoms with E-state index in [1.165, 1.54) is 0 Å². The molecule has 0 aliphatic carbocycles. The van der Waals surface area contributed by atoms with Gasteiger partial charge in [0.2, 0.25) is 5.91 Å². The van der Waals surface area contributed by atoms with Crippen molar-refractivity contribution in [2.24, 2.45) is 5.92 Å². The van der Waals surface area contributed by atoms with Gasteiger partial charge >= 0.3 is 6.03 Å². The largest absolute Gasteiger partial charge is 0.492 e. The summed E-state index contributed by atoms with van der Waals surface area (Å²) in [6.07, 6.45) is 0. The SMILES string of the molecule is CCOc1ccccc1N1CCN(C(=O)C(NC(=O)Nc2cccc3ccccc23)C(C)C)CC1. The first-order chi connectivity index (χ1) is 17.0. The smallest absolute Gasteiger partial charge is 0.319 e. The standard InChI is InChI=1S/C28H34N4O3/c1-4-35-25-15-8-7-14-24(25)31-16-18-32(19-17-31)27(33)26(20(2)3)30-28(34)29-23-13-9-11-21-10-5-6-12-22(21)23/h5-15,20,26H,4,16-19H2,1-3H3,(H2,29,30,34). The summed E-state index contributed by atoms with van der Waals surface area (Å²) in [7, 11) is 0. The predicted octanol–water partition coefficient (Wildman–Crippen LogP) is 4.73. The summed E-state index contributed by atoms with van der Waals surface area (Å²) in [6.45, 7) is 9.10. The van der Waals surface area contributed by atoms with Gasteiger partial charge in [-0.3, -0.25) is 4.79 Å². The number of urea groups is 1. The fraction of sp³-hybridized carbons (Fsp3) is 0.357. The molecular formula is C28H34N4O3. The van der Waals surface area contributed by atoms with Crippen molar-refractivity contribution in [2.75, 3.05) is 43.0 Å². The topological polar surface area (TPSA) is 73.9 Å². The van der Waals surface area contributed by atoms with E-state index in [-0.39, 0.29) is 17.9 Å². The second-order valence-corrected chi connectivity index (χ2v) is 9.06. The average Bonchev–Trinajstić information content (AvgIpc) is 2.88. The molecule has 1 aliphatic rings. The van der Waals surface area contributed by atoms with Crippen LogP contribution in [0, 0.1) is 5.92 Å². The summed E-state index contributed by atoms with van der Waals surface area (Å²) in [5.74, 6) is 0.768. The molecule has 1 unspecified atom stereocenters. The minimum atomic E-state index is -0.604. The second-order valence-electron chi connectivity index (χ2n) is 9.06. The highest BCUT2D eigenvalue weighted by Gasteiger charge is 2.31. The Morgan fingerprint density at radius 2 is 1.60 bits per heavy atom. The number of para-hydroxylation sites is 2. The number of nitrogens with zero attached hydrogens (tertiary/aromatic N) is 2. The summed E-state index contributed by atoms with van der Waals surface area (Å²) in [5.41, 5.74) is 1.77. The number of carbonyl (C=O) groups is 2. The first-order valence-corrected chi connectivity index (χ1v) is 12.3. The van der Waals surface area contributed by atoms with Crippen LogP contribution in [-0.2, 0) is 4.79 Å². The van der Waals surface area contributed by atoms with Crippen LogP contribution in [0.4, 0.5) is 16.2 Å². The molecule has 0 aromatic heterocycles. The van der Waals surface area contributed by atoms with Crippen LogP contribution in [-0.4, -0.2) is 55.7 Å². The lowest BCUT2D eigenvalue weighted by molar-refractivity contribution is -0.134. The molecule has 0 saturated carbocycles. The van der Waals surface area contributed by atoms with Crippen LogP contribution < -0.4 is 20.3 Å². The summed E-state index contributed by atoms with van der Waals surface area (Å²) in [4.78, 5) is 30.4. The third-order valence-corrected chi connectivity index (χ3v) is 6.35. The fourth-order valence-corrected chi connectivity index (χ4v) is 4.51. The molecular weight excluding hydrogens is 440 g/mol. The van der Waals surface area contributed by atoms with Crippen molar-refractivity contribution in [3.8, 4) is 5.75 Å². The molecule has 1 saturated heterocycles. The normalized spacial score (nSPS) is 14.6. The molecule has 0 radical (unpaired) electrons. The maximum atomic E-state index is 13.4. The maximum absolute atomic E-state index is 13.4. The molecule has 1 atom stereocenters. The van der Waals surface area contributed by atoms with Gasteiger partial charge in [0, 0.05) is 31.6 Å². The van der Waals surface area contributed by atoms with Crippen molar-refractivity contribution in [1.29, 1.82) is 0 Å². The number of rotatable bonds is 7. The van der Waals surface area contributed by atoms with Crippen molar-refractivity contribution in [3.63, 3.8) is 0 Å². The average molecular weight is 475 g/mol. The first-order valence-electron chi connectivity index (χ1n) is 12.3. The first kappa shape index (κ1) is 24.4. The van der Waals surface area contributed by atoms with Gasteiger partial charge in [-0.2, -0.15) is 0 Å². The highest BCUT2D eigenvalue weighted by molar-refractivity contribution is 6.02. The van der Waals surface area contributed by atoms with Crippen molar-refractivity contribution >= 4 is 34.1 Å². The van der Waals surface area contributed by atoms with E-state index in [1.54, 1.807) is 0 Å². The zero-order chi connectivity index (χ0) is 24.8. The highest BCUT2D eigenvalue weighted by atomic mass is 16.5. The molecule has 3 amide bonds. The molecule has 2 N–H and O–H groups in total. The van der Waals surface area contributed by atoms with Crippen molar-refractivity contribution in [3.05, 3.63) is 66.7 Å². The van der Waals surface area contributed by atoms with Gasteiger partial charge in [0.05, 0.1) is 18.0 Å². The Hall–Kier alpha value is -3.74. The number of carbonyl (C=O) groups excluding carboxylic acids is 2. The van der Waals surface area contributed by atoms with E-state index in [1.807, 2.05) is 86.3 Å². The van der Waals surface area contributed by atoms with E-state index in [0.29, 0.717) is 32.8 Å². The zero-order valence-electron chi connectivity index (χ0n) is 20.7. The fourth-order valence-electron chi connectivity index (χ4n) is 4.51. The molecule has 7 nitrogen and oxygen atoms in total. The number of ether oxygens (including phenoxy) is 1. The molecule has 3 aromatic carbocycles. The Bertz CT molecular complexity index is 1170. The monoisotopic (exact) mass is 474 g/mol. The molecule has 1 aliphatic heterocycles. The molecule has 0 spiro atoms. The number of benzene rings is 3. The minimum absolute atomic E-state index is 0.0440. The van der Waals surface area contributed by atoms with Gasteiger partial charge in [-0.15, -0.1) is 0 Å². The zero-order valence-corrected chi connectivity index (χ0v) is 20.7. The Balaban J connectivity index is 1.39. The summed E-state index contributed by atoms with van der Waals surface area (Å²) in [6, 6.07) is 20.7. The Labute approximate surface area is 207 Å². The third-order valence-electron chi connectivity index (χ3n) is 6.35. The van der Waals surface area contributed by atoms with Crippen LogP contribution in [0.15, 0.2) is 66.7 Å². The second kappa shape index (κ2) is 11.1. The van der Waals surface area contributed by atoms with Crippen LogP contribution in [0.2, 0.25) is 0 Å².